The third-order valence-electron chi connectivity index (χ3n) is 3.72. The summed E-state index contributed by atoms with van der Waals surface area (Å²) >= 11 is 0. The van der Waals surface area contributed by atoms with E-state index in [1.54, 1.807) is 16.7 Å². The number of nitrogens with one attached hydrogen (secondary N) is 1. The van der Waals surface area contributed by atoms with Gasteiger partial charge in [0.05, 0.1) is 6.04 Å². The molecule has 1 heterocycles. The van der Waals surface area contributed by atoms with Crippen LogP contribution in [0.5, 0.6) is 0 Å². The Hall–Kier alpha value is -1.87. The standard InChI is InChI=1S/C18H24N2O/c1-4-10-19-17(13-20-11-6-5-7-18(20)21)16-9-8-14(2)12-15(16)3/h5-9,11-12,17,19H,4,10,13H2,1-3H3. The molecular weight excluding hydrogens is 260 g/mol. The van der Waals surface area contributed by atoms with Gasteiger partial charge < -0.3 is 9.88 Å². The SMILES string of the molecule is CCCNC(Cn1ccccc1=O)c1ccc(C)cc1C. The zero-order valence-corrected chi connectivity index (χ0v) is 13.1. The lowest BCUT2D eigenvalue weighted by Gasteiger charge is -2.22. The number of pyridine rings is 1. The topological polar surface area (TPSA) is 34.0 Å². The predicted molar refractivity (Wildman–Crippen MR) is 87.7 cm³/mol. The Bertz CT molecular complexity index is 646. The van der Waals surface area contributed by atoms with Crippen molar-refractivity contribution >= 4 is 0 Å². The Labute approximate surface area is 126 Å². The van der Waals surface area contributed by atoms with Gasteiger partial charge in [-0.1, -0.05) is 36.8 Å². The van der Waals surface area contributed by atoms with Crippen molar-refractivity contribution in [3.8, 4) is 0 Å². The van der Waals surface area contributed by atoms with E-state index >= 15 is 0 Å². The number of hydrogen-bond donors (Lipinski definition) is 1. The Morgan fingerprint density at radius 3 is 2.67 bits per heavy atom. The molecule has 1 atom stereocenters. The number of hydrogen-bond acceptors (Lipinski definition) is 2. The van der Waals surface area contributed by atoms with Gasteiger partial charge in [-0.3, -0.25) is 4.79 Å². The van der Waals surface area contributed by atoms with Gasteiger partial charge in [-0.25, -0.2) is 0 Å². The van der Waals surface area contributed by atoms with E-state index in [9.17, 15) is 4.79 Å². The van der Waals surface area contributed by atoms with Crippen molar-refractivity contribution in [2.24, 2.45) is 0 Å². The molecular formula is C18H24N2O. The Balaban J connectivity index is 2.30. The van der Waals surface area contributed by atoms with Crippen molar-refractivity contribution in [3.63, 3.8) is 0 Å². The highest BCUT2D eigenvalue weighted by molar-refractivity contribution is 5.32. The minimum Gasteiger partial charge on any atom is -0.314 e. The second kappa shape index (κ2) is 7.23. The summed E-state index contributed by atoms with van der Waals surface area (Å²) in [7, 11) is 0. The number of aryl methyl sites for hydroxylation is 2. The van der Waals surface area contributed by atoms with E-state index in [1.807, 2.05) is 12.3 Å². The molecule has 2 rings (SSSR count). The summed E-state index contributed by atoms with van der Waals surface area (Å²) in [5.41, 5.74) is 3.85. The van der Waals surface area contributed by atoms with Crippen molar-refractivity contribution in [2.75, 3.05) is 6.54 Å². The molecule has 112 valence electrons. The first-order valence-electron chi connectivity index (χ1n) is 7.58. The van der Waals surface area contributed by atoms with Gasteiger partial charge in [-0.2, -0.15) is 0 Å². The molecule has 0 saturated carbocycles. The fourth-order valence-corrected chi connectivity index (χ4v) is 2.62. The van der Waals surface area contributed by atoms with Crippen LogP contribution in [-0.2, 0) is 6.54 Å². The van der Waals surface area contributed by atoms with Gasteiger partial charge in [-0.15, -0.1) is 0 Å². The quantitative estimate of drug-likeness (QED) is 0.884. The third kappa shape index (κ3) is 4.05. The number of benzene rings is 1. The molecule has 0 fully saturated rings. The normalized spacial score (nSPS) is 12.3. The van der Waals surface area contributed by atoms with Crippen molar-refractivity contribution < 1.29 is 0 Å². The van der Waals surface area contributed by atoms with E-state index in [0.717, 1.165) is 13.0 Å². The van der Waals surface area contributed by atoms with Crippen LogP contribution in [0.1, 0.15) is 36.1 Å². The fourth-order valence-electron chi connectivity index (χ4n) is 2.62. The zero-order valence-electron chi connectivity index (χ0n) is 13.1. The molecule has 3 nitrogen and oxygen atoms in total. The summed E-state index contributed by atoms with van der Waals surface area (Å²) in [5.74, 6) is 0. The summed E-state index contributed by atoms with van der Waals surface area (Å²) in [6.07, 6.45) is 2.93. The van der Waals surface area contributed by atoms with Crippen LogP contribution >= 0.6 is 0 Å². The molecule has 2 aromatic rings. The van der Waals surface area contributed by atoms with Gasteiger partial charge in [-0.05, 0) is 44.0 Å². The first-order chi connectivity index (χ1) is 10.1. The zero-order chi connectivity index (χ0) is 15.2. The van der Waals surface area contributed by atoms with Gasteiger partial charge in [0.15, 0.2) is 0 Å². The van der Waals surface area contributed by atoms with Crippen LogP contribution in [0.25, 0.3) is 0 Å². The van der Waals surface area contributed by atoms with Crippen LogP contribution in [0.4, 0.5) is 0 Å². The maximum absolute atomic E-state index is 11.9. The molecule has 1 unspecified atom stereocenters. The van der Waals surface area contributed by atoms with Crippen LogP contribution in [0.15, 0.2) is 47.4 Å². The number of nitrogens with zero attached hydrogens (tertiary/aromatic N) is 1. The average Bonchev–Trinajstić information content (AvgIpc) is 2.46. The van der Waals surface area contributed by atoms with Crippen molar-refractivity contribution in [1.29, 1.82) is 0 Å². The molecule has 1 N–H and O–H groups in total. The summed E-state index contributed by atoms with van der Waals surface area (Å²) in [6.45, 7) is 7.99. The van der Waals surface area contributed by atoms with E-state index in [0.29, 0.717) is 6.54 Å². The van der Waals surface area contributed by atoms with Crippen LogP contribution in [0.2, 0.25) is 0 Å². The minimum atomic E-state index is 0.0468. The van der Waals surface area contributed by atoms with Gasteiger partial charge in [0.25, 0.3) is 5.56 Å². The summed E-state index contributed by atoms with van der Waals surface area (Å²) in [6, 6.07) is 12.0. The second-order valence-electron chi connectivity index (χ2n) is 5.56. The van der Waals surface area contributed by atoms with Crippen molar-refractivity contribution in [2.45, 2.75) is 39.8 Å². The molecule has 0 aliphatic rings. The van der Waals surface area contributed by atoms with Gasteiger partial charge in [0.1, 0.15) is 0 Å². The maximum Gasteiger partial charge on any atom is 0.250 e. The van der Waals surface area contributed by atoms with Crippen molar-refractivity contribution in [3.05, 3.63) is 69.6 Å². The van der Waals surface area contributed by atoms with E-state index in [1.165, 1.54) is 16.7 Å². The van der Waals surface area contributed by atoms with E-state index in [-0.39, 0.29) is 11.6 Å². The van der Waals surface area contributed by atoms with Crippen molar-refractivity contribution in [1.82, 2.24) is 9.88 Å². The molecule has 0 aliphatic heterocycles. The highest BCUT2D eigenvalue weighted by Crippen LogP contribution is 2.20. The highest BCUT2D eigenvalue weighted by atomic mass is 16.1. The summed E-state index contributed by atoms with van der Waals surface area (Å²) in [5, 5.41) is 3.56. The molecule has 1 aromatic carbocycles. The number of rotatable bonds is 6. The van der Waals surface area contributed by atoms with E-state index < -0.39 is 0 Å². The first-order valence-corrected chi connectivity index (χ1v) is 7.58. The molecule has 21 heavy (non-hydrogen) atoms. The monoisotopic (exact) mass is 284 g/mol. The van der Waals surface area contributed by atoms with E-state index in [2.05, 4.69) is 44.3 Å². The Morgan fingerprint density at radius 1 is 1.19 bits per heavy atom. The Morgan fingerprint density at radius 2 is 2.00 bits per heavy atom. The largest absolute Gasteiger partial charge is 0.314 e. The minimum absolute atomic E-state index is 0.0468. The molecule has 0 aliphatic carbocycles. The molecule has 1 aromatic heterocycles. The predicted octanol–water partition coefficient (Wildman–Crippen LogP) is 3.21. The summed E-state index contributed by atoms with van der Waals surface area (Å²) in [4.78, 5) is 11.9. The highest BCUT2D eigenvalue weighted by Gasteiger charge is 2.14. The van der Waals surface area contributed by atoms with Crippen LogP contribution < -0.4 is 10.9 Å². The van der Waals surface area contributed by atoms with Gasteiger partial charge >= 0.3 is 0 Å². The molecule has 0 bridgehead atoms. The average molecular weight is 284 g/mol. The van der Waals surface area contributed by atoms with E-state index in [4.69, 9.17) is 0 Å². The fraction of sp³-hybridized carbons (Fsp3) is 0.389. The van der Waals surface area contributed by atoms with Crippen LogP contribution in [-0.4, -0.2) is 11.1 Å². The smallest absolute Gasteiger partial charge is 0.250 e. The summed E-state index contributed by atoms with van der Waals surface area (Å²) < 4.78 is 1.77. The second-order valence-corrected chi connectivity index (χ2v) is 5.56. The van der Waals surface area contributed by atoms with Crippen LogP contribution in [0.3, 0.4) is 0 Å². The molecule has 0 spiro atoms. The molecule has 0 amide bonds. The molecule has 0 saturated heterocycles. The lowest BCUT2D eigenvalue weighted by Crippen LogP contribution is -2.30. The van der Waals surface area contributed by atoms with Gasteiger partial charge in [0, 0.05) is 18.8 Å². The molecule has 3 heteroatoms. The first kappa shape index (κ1) is 15.5. The Kier molecular flexibility index (Phi) is 5.34. The number of aromatic nitrogens is 1. The molecule has 0 radical (unpaired) electrons. The van der Waals surface area contributed by atoms with Crippen LogP contribution in [0, 0.1) is 13.8 Å². The lowest BCUT2D eigenvalue weighted by atomic mass is 9.99. The third-order valence-corrected chi connectivity index (χ3v) is 3.72. The van der Waals surface area contributed by atoms with Gasteiger partial charge in [0.2, 0.25) is 0 Å². The maximum atomic E-state index is 11.9. The lowest BCUT2D eigenvalue weighted by molar-refractivity contribution is 0.454.